The molecule has 0 bridgehead atoms. The number of urea groups is 1. The van der Waals surface area contributed by atoms with E-state index in [1.54, 1.807) is 55.5 Å². The van der Waals surface area contributed by atoms with Crippen molar-refractivity contribution in [1.29, 1.82) is 0 Å². The molecule has 0 aliphatic carbocycles. The molecule has 4 rings (SSSR count). The van der Waals surface area contributed by atoms with Gasteiger partial charge in [0.05, 0.1) is 16.8 Å². The first kappa shape index (κ1) is 28.2. The molecule has 12 heteroatoms. The maximum absolute atomic E-state index is 13.2. The summed E-state index contributed by atoms with van der Waals surface area (Å²) in [4.78, 5) is 51.4. The van der Waals surface area contributed by atoms with Gasteiger partial charge in [0, 0.05) is 15.7 Å². The number of ether oxygens (including phenoxy) is 2. The van der Waals surface area contributed by atoms with Crippen LogP contribution in [0.15, 0.2) is 70.7 Å². The fourth-order valence-electron chi connectivity index (χ4n) is 3.62. The van der Waals surface area contributed by atoms with Crippen LogP contribution in [0, 0.1) is 0 Å². The third kappa shape index (κ3) is 6.78. The molecular formula is C27H20BrCl2N3O6. The molecule has 2 N–H and O–H groups in total. The van der Waals surface area contributed by atoms with E-state index in [0.717, 1.165) is 4.90 Å². The number of hydrogen-bond donors (Lipinski definition) is 2. The van der Waals surface area contributed by atoms with Gasteiger partial charge in [0.1, 0.15) is 5.57 Å². The highest BCUT2D eigenvalue weighted by Crippen LogP contribution is 2.38. The van der Waals surface area contributed by atoms with E-state index < -0.39 is 23.8 Å². The number of amides is 5. The molecule has 1 aliphatic heterocycles. The number of anilines is 2. The van der Waals surface area contributed by atoms with E-state index in [9.17, 15) is 19.2 Å². The van der Waals surface area contributed by atoms with Crippen LogP contribution >= 0.6 is 39.1 Å². The van der Waals surface area contributed by atoms with Crippen LogP contribution in [0.5, 0.6) is 11.5 Å². The lowest BCUT2D eigenvalue weighted by Crippen LogP contribution is -2.54. The molecule has 5 amide bonds. The van der Waals surface area contributed by atoms with Crippen molar-refractivity contribution in [1.82, 2.24) is 5.32 Å². The lowest BCUT2D eigenvalue weighted by atomic mass is 10.1. The molecule has 1 saturated heterocycles. The van der Waals surface area contributed by atoms with Crippen LogP contribution in [0.1, 0.15) is 12.5 Å². The van der Waals surface area contributed by atoms with Gasteiger partial charge in [-0.1, -0.05) is 29.3 Å². The number of halogens is 3. The fraction of sp³-hybridized carbons (Fsp3) is 0.111. The normalized spacial score (nSPS) is 14.3. The van der Waals surface area contributed by atoms with E-state index in [1.165, 1.54) is 18.2 Å². The molecule has 0 aromatic heterocycles. The first-order valence-electron chi connectivity index (χ1n) is 11.5. The van der Waals surface area contributed by atoms with Crippen molar-refractivity contribution in [2.24, 2.45) is 0 Å². The largest absolute Gasteiger partial charge is 0.490 e. The van der Waals surface area contributed by atoms with Gasteiger partial charge >= 0.3 is 6.03 Å². The van der Waals surface area contributed by atoms with Crippen molar-refractivity contribution >= 4 is 80.3 Å². The van der Waals surface area contributed by atoms with E-state index in [0.29, 0.717) is 25.8 Å². The lowest BCUT2D eigenvalue weighted by Gasteiger charge is -2.26. The minimum Gasteiger partial charge on any atom is -0.490 e. The summed E-state index contributed by atoms with van der Waals surface area (Å²) in [5.74, 6) is -1.56. The van der Waals surface area contributed by atoms with Crippen LogP contribution < -0.4 is 25.0 Å². The molecule has 1 aliphatic rings. The monoisotopic (exact) mass is 631 g/mol. The predicted molar refractivity (Wildman–Crippen MR) is 151 cm³/mol. The number of nitrogens with one attached hydrogen (secondary N) is 2. The van der Waals surface area contributed by atoms with E-state index in [4.69, 9.17) is 32.7 Å². The maximum atomic E-state index is 13.2. The average molecular weight is 633 g/mol. The standard InChI is InChI=1S/C27H20BrCl2N3O6/c1-2-38-22-12-15(11-21(28)24(22)39-14-23(34)31-18-8-6-16(29)7-9-18)10-20-25(35)32-27(37)33(26(20)36)19-5-3-4-17(30)13-19/h3-13H,2,14H2,1H3,(H,31,34)(H,32,35,37)/b20-10+. The van der Waals surface area contributed by atoms with Crippen LogP contribution in [0.3, 0.4) is 0 Å². The maximum Gasteiger partial charge on any atom is 0.335 e. The van der Waals surface area contributed by atoms with Gasteiger partial charge in [0.15, 0.2) is 18.1 Å². The van der Waals surface area contributed by atoms with Crippen LogP contribution in [0.2, 0.25) is 10.0 Å². The fourth-order valence-corrected chi connectivity index (χ4v) is 4.50. The smallest absolute Gasteiger partial charge is 0.335 e. The van der Waals surface area contributed by atoms with Crippen molar-refractivity contribution in [3.05, 3.63) is 86.3 Å². The summed E-state index contributed by atoms with van der Waals surface area (Å²) in [6.45, 7) is 1.72. The first-order chi connectivity index (χ1) is 18.7. The SMILES string of the molecule is CCOc1cc(/C=C2\C(=O)NC(=O)N(c3cccc(Cl)c3)C2=O)cc(Br)c1OCC(=O)Nc1ccc(Cl)cc1. The lowest BCUT2D eigenvalue weighted by molar-refractivity contribution is -0.122. The number of carbonyl (C=O) groups is 4. The Labute approximate surface area is 241 Å². The summed E-state index contributed by atoms with van der Waals surface area (Å²) in [6.07, 6.45) is 1.33. The van der Waals surface area contributed by atoms with Gasteiger partial charge in [-0.05, 0) is 89.1 Å². The topological polar surface area (TPSA) is 114 Å². The molecule has 200 valence electrons. The Morgan fingerprint density at radius 2 is 1.77 bits per heavy atom. The Morgan fingerprint density at radius 1 is 1.03 bits per heavy atom. The number of hydrogen-bond acceptors (Lipinski definition) is 6. The quantitative estimate of drug-likeness (QED) is 0.238. The van der Waals surface area contributed by atoms with Gasteiger partial charge < -0.3 is 14.8 Å². The third-order valence-corrected chi connectivity index (χ3v) is 6.36. The van der Waals surface area contributed by atoms with Gasteiger partial charge in [0.25, 0.3) is 17.7 Å². The average Bonchev–Trinajstić information content (AvgIpc) is 2.87. The highest BCUT2D eigenvalue weighted by molar-refractivity contribution is 9.10. The van der Waals surface area contributed by atoms with Crippen LogP contribution in [0.25, 0.3) is 6.08 Å². The summed E-state index contributed by atoms with van der Waals surface area (Å²) < 4.78 is 11.8. The predicted octanol–water partition coefficient (Wildman–Crippen LogP) is 5.84. The Morgan fingerprint density at radius 3 is 2.46 bits per heavy atom. The van der Waals surface area contributed by atoms with Gasteiger partial charge in [-0.15, -0.1) is 0 Å². The third-order valence-electron chi connectivity index (χ3n) is 5.29. The van der Waals surface area contributed by atoms with E-state index in [-0.39, 0.29) is 36.0 Å². The Kier molecular flexibility index (Phi) is 8.90. The molecule has 3 aromatic carbocycles. The number of benzene rings is 3. The minimum atomic E-state index is -0.888. The molecule has 3 aromatic rings. The summed E-state index contributed by atoms with van der Waals surface area (Å²) in [7, 11) is 0. The summed E-state index contributed by atoms with van der Waals surface area (Å²) in [6, 6.07) is 15.0. The molecule has 1 fully saturated rings. The van der Waals surface area contributed by atoms with E-state index >= 15 is 0 Å². The van der Waals surface area contributed by atoms with E-state index in [1.807, 2.05) is 0 Å². The number of carbonyl (C=O) groups excluding carboxylic acids is 4. The van der Waals surface area contributed by atoms with Crippen LogP contribution in [0.4, 0.5) is 16.2 Å². The molecular weight excluding hydrogens is 613 g/mol. The number of rotatable bonds is 8. The van der Waals surface area contributed by atoms with Crippen molar-refractivity contribution in [2.45, 2.75) is 6.92 Å². The molecule has 0 radical (unpaired) electrons. The summed E-state index contributed by atoms with van der Waals surface area (Å²) >= 11 is 15.3. The Hall–Kier alpha value is -3.86. The molecule has 0 spiro atoms. The van der Waals surface area contributed by atoms with E-state index in [2.05, 4.69) is 26.6 Å². The Balaban J connectivity index is 1.58. The molecule has 0 saturated carbocycles. The minimum absolute atomic E-state index is 0.209. The number of imide groups is 2. The zero-order valence-corrected chi connectivity index (χ0v) is 23.4. The molecule has 9 nitrogen and oxygen atoms in total. The molecule has 39 heavy (non-hydrogen) atoms. The highest BCUT2D eigenvalue weighted by Gasteiger charge is 2.37. The van der Waals surface area contributed by atoms with Gasteiger partial charge in [-0.25, -0.2) is 9.69 Å². The second-order valence-corrected chi connectivity index (χ2v) is 9.77. The molecule has 1 heterocycles. The second kappa shape index (κ2) is 12.3. The zero-order valence-electron chi connectivity index (χ0n) is 20.3. The van der Waals surface area contributed by atoms with Crippen molar-refractivity contribution < 1.29 is 28.7 Å². The van der Waals surface area contributed by atoms with Crippen molar-refractivity contribution in [3.8, 4) is 11.5 Å². The number of barbiturate groups is 1. The zero-order chi connectivity index (χ0) is 28.1. The highest BCUT2D eigenvalue weighted by atomic mass is 79.9. The Bertz CT molecular complexity index is 1490. The molecule has 0 atom stereocenters. The molecule has 0 unspecified atom stereocenters. The second-order valence-electron chi connectivity index (χ2n) is 8.04. The van der Waals surface area contributed by atoms with Gasteiger partial charge in [0.2, 0.25) is 0 Å². The summed E-state index contributed by atoms with van der Waals surface area (Å²) in [5, 5.41) is 5.73. The van der Waals surface area contributed by atoms with Crippen LogP contribution in [-0.4, -0.2) is 37.0 Å². The van der Waals surface area contributed by atoms with Gasteiger partial charge in [-0.3, -0.25) is 19.7 Å². The summed E-state index contributed by atoms with van der Waals surface area (Å²) in [5.41, 5.74) is 0.891. The van der Waals surface area contributed by atoms with Gasteiger partial charge in [-0.2, -0.15) is 0 Å². The number of nitrogens with zero attached hydrogens (tertiary/aromatic N) is 1. The van der Waals surface area contributed by atoms with Crippen LogP contribution in [-0.2, 0) is 14.4 Å². The first-order valence-corrected chi connectivity index (χ1v) is 13.0. The van der Waals surface area contributed by atoms with Crippen molar-refractivity contribution in [2.75, 3.05) is 23.4 Å². The van der Waals surface area contributed by atoms with Crippen molar-refractivity contribution in [3.63, 3.8) is 0 Å².